The molecule has 15 heavy (non-hydrogen) atoms. The minimum Gasteiger partial charge on any atom is -0.351 e. The van der Waals surface area contributed by atoms with Crippen LogP contribution in [-0.2, 0) is 9.47 Å². The second kappa shape index (κ2) is 7.20. The molecule has 1 rings (SSSR count). The van der Waals surface area contributed by atoms with Crippen LogP contribution in [0.4, 0.5) is 0 Å². The molecule has 1 heterocycles. The van der Waals surface area contributed by atoms with Gasteiger partial charge in [0.05, 0.1) is 6.04 Å². The second-order valence-electron chi connectivity index (χ2n) is 4.00. The summed E-state index contributed by atoms with van der Waals surface area (Å²) in [6, 6.07) is 0.437. The van der Waals surface area contributed by atoms with Crippen molar-refractivity contribution in [2.45, 2.75) is 52.4 Å². The fourth-order valence-electron chi connectivity index (χ4n) is 2.29. The van der Waals surface area contributed by atoms with E-state index < -0.39 is 0 Å². The average Bonchev–Trinajstić information content (AvgIpc) is 2.73. The summed E-state index contributed by atoms with van der Waals surface area (Å²) in [5.74, 6) is 0. The minimum atomic E-state index is -0.0388. The Morgan fingerprint density at radius 2 is 1.53 bits per heavy atom. The molecule has 1 aliphatic heterocycles. The van der Waals surface area contributed by atoms with E-state index in [9.17, 15) is 0 Å². The Hall–Kier alpha value is -0.120. The first-order valence-electron chi connectivity index (χ1n) is 6.30. The summed E-state index contributed by atoms with van der Waals surface area (Å²) in [4.78, 5) is 2.51. The standard InChI is InChI=1S/C12H25NO2/c1-4-11(13-9-7-8-10-13)12(14-5-2)15-6-3/h11-12H,4-10H2,1-3H3. The monoisotopic (exact) mass is 215 g/mol. The maximum atomic E-state index is 5.68. The number of hydrogen-bond donors (Lipinski definition) is 0. The molecule has 0 N–H and O–H groups in total. The van der Waals surface area contributed by atoms with Crippen LogP contribution in [0.1, 0.15) is 40.0 Å². The average molecular weight is 215 g/mol. The molecule has 0 spiro atoms. The van der Waals surface area contributed by atoms with Crippen LogP contribution < -0.4 is 0 Å². The maximum absolute atomic E-state index is 5.68. The van der Waals surface area contributed by atoms with Crippen LogP contribution in [0.2, 0.25) is 0 Å². The van der Waals surface area contributed by atoms with E-state index in [0.717, 1.165) is 19.6 Å². The third kappa shape index (κ3) is 3.74. The van der Waals surface area contributed by atoms with Gasteiger partial charge in [0, 0.05) is 13.2 Å². The topological polar surface area (TPSA) is 21.7 Å². The van der Waals surface area contributed by atoms with E-state index in [-0.39, 0.29) is 6.29 Å². The van der Waals surface area contributed by atoms with Crippen molar-refractivity contribution < 1.29 is 9.47 Å². The lowest BCUT2D eigenvalue weighted by Gasteiger charge is -2.33. The molecule has 0 aliphatic carbocycles. The number of rotatable bonds is 7. The molecule has 3 nitrogen and oxygen atoms in total. The molecule has 90 valence electrons. The Morgan fingerprint density at radius 1 is 1.00 bits per heavy atom. The van der Waals surface area contributed by atoms with E-state index in [2.05, 4.69) is 11.8 Å². The molecular formula is C12H25NO2. The largest absolute Gasteiger partial charge is 0.351 e. The molecule has 0 saturated carbocycles. The van der Waals surface area contributed by atoms with Crippen molar-refractivity contribution in [3.05, 3.63) is 0 Å². The summed E-state index contributed by atoms with van der Waals surface area (Å²) < 4.78 is 11.4. The zero-order valence-electron chi connectivity index (χ0n) is 10.4. The zero-order chi connectivity index (χ0) is 11.1. The van der Waals surface area contributed by atoms with Gasteiger partial charge in [-0.3, -0.25) is 4.90 Å². The molecule has 3 heteroatoms. The molecule has 1 atom stereocenters. The Labute approximate surface area is 93.7 Å². The normalized spacial score (nSPS) is 20.0. The van der Waals surface area contributed by atoms with Gasteiger partial charge in [-0.15, -0.1) is 0 Å². The SMILES string of the molecule is CCOC(OCC)C(CC)N1CCCC1. The van der Waals surface area contributed by atoms with Crippen LogP contribution in [-0.4, -0.2) is 43.5 Å². The highest BCUT2D eigenvalue weighted by Gasteiger charge is 2.28. The van der Waals surface area contributed by atoms with E-state index in [1.54, 1.807) is 0 Å². The maximum Gasteiger partial charge on any atom is 0.172 e. The Morgan fingerprint density at radius 3 is 1.93 bits per heavy atom. The number of likely N-dealkylation sites (tertiary alicyclic amines) is 1. The van der Waals surface area contributed by atoms with Crippen LogP contribution >= 0.6 is 0 Å². The van der Waals surface area contributed by atoms with Crippen molar-refractivity contribution in [2.75, 3.05) is 26.3 Å². The second-order valence-corrected chi connectivity index (χ2v) is 4.00. The van der Waals surface area contributed by atoms with E-state index in [0.29, 0.717) is 6.04 Å². The summed E-state index contributed by atoms with van der Waals surface area (Å²) in [5.41, 5.74) is 0. The van der Waals surface area contributed by atoms with Crippen molar-refractivity contribution in [3.63, 3.8) is 0 Å². The van der Waals surface area contributed by atoms with Gasteiger partial charge in [-0.2, -0.15) is 0 Å². The number of nitrogens with zero attached hydrogens (tertiary/aromatic N) is 1. The van der Waals surface area contributed by atoms with Gasteiger partial charge in [-0.05, 0) is 46.2 Å². The van der Waals surface area contributed by atoms with Gasteiger partial charge in [0.15, 0.2) is 6.29 Å². The van der Waals surface area contributed by atoms with E-state index >= 15 is 0 Å². The summed E-state index contributed by atoms with van der Waals surface area (Å²) in [7, 11) is 0. The van der Waals surface area contributed by atoms with Gasteiger partial charge in [0.25, 0.3) is 0 Å². The van der Waals surface area contributed by atoms with E-state index in [1.165, 1.54) is 25.9 Å². The quantitative estimate of drug-likeness (QED) is 0.608. The molecular weight excluding hydrogens is 190 g/mol. The molecule has 0 aromatic carbocycles. The van der Waals surface area contributed by atoms with Gasteiger partial charge >= 0.3 is 0 Å². The van der Waals surface area contributed by atoms with Gasteiger partial charge in [0.2, 0.25) is 0 Å². The van der Waals surface area contributed by atoms with Gasteiger partial charge in [0.1, 0.15) is 0 Å². The first kappa shape index (κ1) is 12.9. The molecule has 1 aliphatic rings. The van der Waals surface area contributed by atoms with Crippen LogP contribution in [0.3, 0.4) is 0 Å². The minimum absolute atomic E-state index is 0.0388. The van der Waals surface area contributed by atoms with Crippen LogP contribution in [0, 0.1) is 0 Å². The lowest BCUT2D eigenvalue weighted by atomic mass is 10.2. The smallest absolute Gasteiger partial charge is 0.172 e. The molecule has 0 aromatic heterocycles. The van der Waals surface area contributed by atoms with E-state index in [1.807, 2.05) is 13.8 Å². The zero-order valence-corrected chi connectivity index (χ0v) is 10.4. The third-order valence-electron chi connectivity index (χ3n) is 3.00. The molecule has 1 saturated heterocycles. The Bertz CT molecular complexity index is 152. The van der Waals surface area contributed by atoms with Crippen LogP contribution in [0.15, 0.2) is 0 Å². The number of ether oxygens (including phenoxy) is 2. The fourth-order valence-corrected chi connectivity index (χ4v) is 2.29. The summed E-state index contributed by atoms with van der Waals surface area (Å²) in [6.07, 6.45) is 3.70. The Balaban J connectivity index is 2.50. The lowest BCUT2D eigenvalue weighted by molar-refractivity contribution is -0.172. The predicted molar refractivity (Wildman–Crippen MR) is 61.9 cm³/mol. The van der Waals surface area contributed by atoms with Gasteiger partial charge < -0.3 is 9.47 Å². The lowest BCUT2D eigenvalue weighted by Crippen LogP contribution is -2.44. The van der Waals surface area contributed by atoms with Crippen molar-refractivity contribution in [1.29, 1.82) is 0 Å². The highest BCUT2D eigenvalue weighted by molar-refractivity contribution is 4.78. The summed E-state index contributed by atoms with van der Waals surface area (Å²) in [5, 5.41) is 0. The Kier molecular flexibility index (Phi) is 6.22. The predicted octanol–water partition coefficient (Wildman–Crippen LogP) is 2.26. The van der Waals surface area contributed by atoms with Crippen molar-refractivity contribution in [1.82, 2.24) is 4.90 Å². The molecule has 1 fully saturated rings. The van der Waals surface area contributed by atoms with Crippen LogP contribution in [0.5, 0.6) is 0 Å². The van der Waals surface area contributed by atoms with Crippen molar-refractivity contribution in [3.8, 4) is 0 Å². The first-order chi connectivity index (χ1) is 7.33. The van der Waals surface area contributed by atoms with Crippen LogP contribution in [0.25, 0.3) is 0 Å². The molecule has 0 bridgehead atoms. The van der Waals surface area contributed by atoms with E-state index in [4.69, 9.17) is 9.47 Å². The molecule has 0 amide bonds. The fraction of sp³-hybridized carbons (Fsp3) is 1.00. The first-order valence-corrected chi connectivity index (χ1v) is 6.30. The highest BCUT2D eigenvalue weighted by Crippen LogP contribution is 2.19. The van der Waals surface area contributed by atoms with Gasteiger partial charge in [-0.1, -0.05) is 6.92 Å². The number of hydrogen-bond acceptors (Lipinski definition) is 3. The molecule has 0 radical (unpaired) electrons. The highest BCUT2D eigenvalue weighted by atomic mass is 16.7. The van der Waals surface area contributed by atoms with Crippen molar-refractivity contribution >= 4 is 0 Å². The molecule has 1 unspecified atom stereocenters. The van der Waals surface area contributed by atoms with Gasteiger partial charge in [-0.25, -0.2) is 0 Å². The molecule has 0 aromatic rings. The van der Waals surface area contributed by atoms with Crippen molar-refractivity contribution in [2.24, 2.45) is 0 Å². The summed E-state index contributed by atoms with van der Waals surface area (Å²) in [6.45, 7) is 10.1. The summed E-state index contributed by atoms with van der Waals surface area (Å²) >= 11 is 0. The third-order valence-corrected chi connectivity index (χ3v) is 3.00.